The van der Waals surface area contributed by atoms with Gasteiger partial charge in [-0.05, 0) is 65.7 Å². The fraction of sp³-hybridized carbons (Fsp3) is 0.565. The number of alkyl carbamates (subject to hydrolysis) is 1. The standard InChI is InChI=1S/C23H35N7O2.HI/c1-7-24-21(29-11-10-19(15-29)27-22(31)32-23(4,5)6)26-14-18-8-9-20(25-13-18)30-17(3)12-16(2)28-30;/h8-9,12-13,19H,7,10-11,14-15H2,1-6H3,(H,24,26)(H,27,31);1H. The number of aromatic nitrogens is 3. The molecule has 1 saturated heterocycles. The predicted molar refractivity (Wildman–Crippen MR) is 140 cm³/mol. The van der Waals surface area contributed by atoms with Crippen molar-refractivity contribution in [3.63, 3.8) is 0 Å². The molecule has 1 amide bonds. The highest BCUT2D eigenvalue weighted by Gasteiger charge is 2.27. The van der Waals surface area contributed by atoms with Crippen molar-refractivity contribution >= 4 is 36.0 Å². The molecule has 1 aliphatic rings. The summed E-state index contributed by atoms with van der Waals surface area (Å²) in [6.07, 6.45) is 2.32. The van der Waals surface area contributed by atoms with E-state index in [1.54, 1.807) is 0 Å². The SMILES string of the molecule is CCNC(=NCc1ccc(-n2nc(C)cc2C)nc1)N1CCC(NC(=O)OC(C)(C)C)C1.I. The quantitative estimate of drug-likeness (QED) is 0.325. The molecule has 0 aromatic carbocycles. The molecule has 182 valence electrons. The van der Waals surface area contributed by atoms with Crippen molar-refractivity contribution in [2.24, 2.45) is 4.99 Å². The summed E-state index contributed by atoms with van der Waals surface area (Å²) in [6, 6.07) is 6.07. The number of nitrogens with one attached hydrogen (secondary N) is 2. The summed E-state index contributed by atoms with van der Waals surface area (Å²) in [6.45, 7) is 14.4. The first-order chi connectivity index (χ1) is 15.1. The minimum Gasteiger partial charge on any atom is -0.444 e. The zero-order valence-electron chi connectivity index (χ0n) is 20.4. The average molecular weight is 569 g/mol. The van der Waals surface area contributed by atoms with Crippen LogP contribution in [-0.4, -0.2) is 63.0 Å². The summed E-state index contributed by atoms with van der Waals surface area (Å²) < 4.78 is 7.21. The average Bonchev–Trinajstić information content (AvgIpc) is 3.29. The van der Waals surface area contributed by atoms with Gasteiger partial charge in [0.15, 0.2) is 11.8 Å². The van der Waals surface area contributed by atoms with Gasteiger partial charge in [0, 0.05) is 31.5 Å². The maximum absolute atomic E-state index is 12.1. The maximum Gasteiger partial charge on any atom is 0.407 e. The van der Waals surface area contributed by atoms with Gasteiger partial charge >= 0.3 is 6.09 Å². The van der Waals surface area contributed by atoms with Crippen LogP contribution in [0.5, 0.6) is 0 Å². The Morgan fingerprint density at radius 2 is 2.06 bits per heavy atom. The fourth-order valence-electron chi connectivity index (χ4n) is 3.63. The number of pyridine rings is 1. The van der Waals surface area contributed by atoms with Gasteiger partial charge in [0.1, 0.15) is 5.60 Å². The Hall–Kier alpha value is -2.37. The van der Waals surface area contributed by atoms with Gasteiger partial charge in [0.2, 0.25) is 0 Å². The van der Waals surface area contributed by atoms with Crippen LogP contribution in [0, 0.1) is 13.8 Å². The second-order valence-corrected chi connectivity index (χ2v) is 9.11. The van der Waals surface area contributed by atoms with Crippen molar-refractivity contribution in [1.29, 1.82) is 0 Å². The molecule has 2 aromatic heterocycles. The van der Waals surface area contributed by atoms with Gasteiger partial charge in [-0.25, -0.2) is 19.5 Å². The number of guanidine groups is 1. The molecular formula is C23H36IN7O2. The van der Waals surface area contributed by atoms with Gasteiger partial charge in [-0.2, -0.15) is 5.10 Å². The molecule has 1 unspecified atom stereocenters. The van der Waals surface area contributed by atoms with E-state index in [1.807, 2.05) is 70.6 Å². The summed E-state index contributed by atoms with van der Waals surface area (Å²) in [5.41, 5.74) is 2.54. The lowest BCUT2D eigenvalue weighted by Gasteiger charge is -2.23. The molecule has 33 heavy (non-hydrogen) atoms. The largest absolute Gasteiger partial charge is 0.444 e. The van der Waals surface area contributed by atoms with Crippen LogP contribution in [-0.2, 0) is 11.3 Å². The smallest absolute Gasteiger partial charge is 0.407 e. The van der Waals surface area contributed by atoms with Crippen LogP contribution in [0.4, 0.5) is 4.79 Å². The van der Waals surface area contributed by atoms with E-state index < -0.39 is 5.60 Å². The Bertz CT molecular complexity index is 951. The molecule has 1 atom stereocenters. The predicted octanol–water partition coefficient (Wildman–Crippen LogP) is 3.57. The summed E-state index contributed by atoms with van der Waals surface area (Å²) in [5.74, 6) is 1.63. The molecule has 0 aliphatic carbocycles. The van der Waals surface area contributed by atoms with E-state index in [4.69, 9.17) is 9.73 Å². The van der Waals surface area contributed by atoms with E-state index >= 15 is 0 Å². The molecule has 1 aliphatic heterocycles. The maximum atomic E-state index is 12.1. The lowest BCUT2D eigenvalue weighted by Crippen LogP contribution is -2.44. The summed E-state index contributed by atoms with van der Waals surface area (Å²) in [4.78, 5) is 23.6. The normalized spacial score (nSPS) is 16.4. The monoisotopic (exact) mass is 569 g/mol. The highest BCUT2D eigenvalue weighted by atomic mass is 127. The van der Waals surface area contributed by atoms with E-state index in [2.05, 4.69) is 25.6 Å². The lowest BCUT2D eigenvalue weighted by molar-refractivity contribution is 0.0507. The van der Waals surface area contributed by atoms with Gasteiger partial charge in [0.25, 0.3) is 0 Å². The number of carbonyl (C=O) groups is 1. The number of hydrogen-bond acceptors (Lipinski definition) is 5. The van der Waals surface area contributed by atoms with E-state index in [0.717, 1.165) is 48.2 Å². The number of aliphatic imine (C=N–C) groups is 1. The van der Waals surface area contributed by atoms with Crippen molar-refractivity contribution in [1.82, 2.24) is 30.3 Å². The second-order valence-electron chi connectivity index (χ2n) is 9.11. The highest BCUT2D eigenvalue weighted by molar-refractivity contribution is 14.0. The molecule has 0 radical (unpaired) electrons. The number of likely N-dealkylation sites (tertiary alicyclic amines) is 1. The van der Waals surface area contributed by atoms with Crippen LogP contribution < -0.4 is 10.6 Å². The molecule has 1 fully saturated rings. The Kier molecular flexibility index (Phi) is 9.50. The van der Waals surface area contributed by atoms with E-state index in [-0.39, 0.29) is 36.1 Å². The van der Waals surface area contributed by atoms with Crippen LogP contribution in [0.25, 0.3) is 5.82 Å². The number of carbonyl (C=O) groups excluding carboxylic acids is 1. The first-order valence-electron chi connectivity index (χ1n) is 11.2. The number of ether oxygens (including phenoxy) is 1. The van der Waals surface area contributed by atoms with Crippen LogP contribution in [0.2, 0.25) is 0 Å². The van der Waals surface area contributed by atoms with Crippen LogP contribution in [0.1, 0.15) is 51.1 Å². The number of hydrogen-bond donors (Lipinski definition) is 2. The third kappa shape index (κ3) is 7.86. The fourth-order valence-corrected chi connectivity index (χ4v) is 3.63. The van der Waals surface area contributed by atoms with Crippen LogP contribution in [0.3, 0.4) is 0 Å². The van der Waals surface area contributed by atoms with Gasteiger partial charge in [-0.3, -0.25) is 0 Å². The molecular weight excluding hydrogens is 533 g/mol. The number of halogens is 1. The summed E-state index contributed by atoms with van der Waals surface area (Å²) in [7, 11) is 0. The van der Waals surface area contributed by atoms with Crippen LogP contribution in [0.15, 0.2) is 29.4 Å². The summed E-state index contributed by atoms with van der Waals surface area (Å²) >= 11 is 0. The molecule has 10 heteroatoms. The Labute approximate surface area is 213 Å². The number of amides is 1. The van der Waals surface area contributed by atoms with Gasteiger partial charge in [0.05, 0.1) is 18.3 Å². The van der Waals surface area contributed by atoms with Crippen LogP contribution >= 0.6 is 24.0 Å². The molecule has 0 bridgehead atoms. The summed E-state index contributed by atoms with van der Waals surface area (Å²) in [5, 5.41) is 10.8. The van der Waals surface area contributed by atoms with Gasteiger partial charge < -0.3 is 20.3 Å². The molecule has 3 rings (SSSR count). The zero-order chi connectivity index (χ0) is 23.3. The third-order valence-electron chi connectivity index (χ3n) is 4.99. The minimum atomic E-state index is -0.503. The van der Waals surface area contributed by atoms with E-state index in [9.17, 15) is 4.79 Å². The lowest BCUT2D eigenvalue weighted by atomic mass is 10.2. The molecule has 3 heterocycles. The van der Waals surface area contributed by atoms with Crippen molar-refractivity contribution in [2.75, 3.05) is 19.6 Å². The molecule has 0 spiro atoms. The van der Waals surface area contributed by atoms with Crippen molar-refractivity contribution in [3.8, 4) is 5.82 Å². The Balaban J connectivity index is 0.00000385. The number of nitrogens with zero attached hydrogens (tertiary/aromatic N) is 5. The van der Waals surface area contributed by atoms with Crippen molar-refractivity contribution in [2.45, 2.75) is 66.2 Å². The second kappa shape index (κ2) is 11.7. The third-order valence-corrected chi connectivity index (χ3v) is 4.99. The van der Waals surface area contributed by atoms with E-state index in [1.165, 1.54) is 0 Å². The number of rotatable bonds is 5. The molecule has 9 nitrogen and oxygen atoms in total. The van der Waals surface area contributed by atoms with Crippen molar-refractivity contribution in [3.05, 3.63) is 41.3 Å². The molecule has 2 N–H and O–H groups in total. The highest BCUT2D eigenvalue weighted by Crippen LogP contribution is 2.14. The number of aryl methyl sites for hydroxylation is 2. The van der Waals surface area contributed by atoms with E-state index in [0.29, 0.717) is 13.1 Å². The topological polar surface area (TPSA) is 96.7 Å². The zero-order valence-corrected chi connectivity index (χ0v) is 22.7. The molecule has 2 aromatic rings. The van der Waals surface area contributed by atoms with Gasteiger partial charge in [-0.15, -0.1) is 24.0 Å². The Morgan fingerprint density at radius 3 is 2.64 bits per heavy atom. The van der Waals surface area contributed by atoms with Gasteiger partial charge in [-0.1, -0.05) is 6.07 Å². The first kappa shape index (κ1) is 26.9. The minimum absolute atomic E-state index is 0. The first-order valence-corrected chi connectivity index (χ1v) is 11.2. The Morgan fingerprint density at radius 1 is 1.30 bits per heavy atom. The van der Waals surface area contributed by atoms with Crippen molar-refractivity contribution < 1.29 is 9.53 Å². The molecule has 0 saturated carbocycles.